The summed E-state index contributed by atoms with van der Waals surface area (Å²) in [7, 11) is 0. The van der Waals surface area contributed by atoms with Crippen LogP contribution in [-0.2, 0) is 19.1 Å². The highest BCUT2D eigenvalue weighted by molar-refractivity contribution is 6.00. The molecule has 2 aliphatic heterocycles. The average molecular weight is 653 g/mol. The molecule has 0 fully saturated rings. The third-order valence-electron chi connectivity index (χ3n) is 8.14. The lowest BCUT2D eigenvalue weighted by atomic mass is 9.79. The zero-order valence-corrected chi connectivity index (χ0v) is 25.6. The number of carbonyl (C=O) groups excluding carboxylic acids is 2. The molecule has 0 radical (unpaired) electrons. The Labute approximate surface area is 272 Å². The lowest BCUT2D eigenvalue weighted by Gasteiger charge is -2.31. The van der Waals surface area contributed by atoms with Crippen LogP contribution in [0.4, 0.5) is 11.4 Å². The maximum Gasteiger partial charge on any atom is 0.340 e. The number of ether oxygens (including phenoxy) is 4. The number of nitro benzene ring substituents is 2. The van der Waals surface area contributed by atoms with Crippen molar-refractivity contribution in [1.82, 2.24) is 0 Å². The first kappa shape index (κ1) is 31.5. The van der Waals surface area contributed by atoms with Crippen LogP contribution in [0, 0.1) is 20.2 Å². The Morgan fingerprint density at radius 2 is 1.08 bits per heavy atom. The highest BCUT2D eigenvalue weighted by atomic mass is 16.6. The third kappa shape index (κ3) is 5.28. The summed E-state index contributed by atoms with van der Waals surface area (Å²) in [6.45, 7) is 3.39. The van der Waals surface area contributed by atoms with E-state index in [1.165, 1.54) is 36.4 Å². The minimum absolute atomic E-state index is 0.0181. The molecule has 0 saturated carbocycles. The van der Waals surface area contributed by atoms with Gasteiger partial charge >= 0.3 is 11.9 Å². The van der Waals surface area contributed by atoms with Crippen LogP contribution in [0.1, 0.15) is 47.9 Å². The summed E-state index contributed by atoms with van der Waals surface area (Å²) in [5, 5.41) is 24.3. The molecular weight excluding hydrogens is 624 g/mol. The predicted octanol–water partition coefficient (Wildman–Crippen LogP) is 5.17. The minimum atomic E-state index is -0.896. The second-order valence-electron chi connectivity index (χ2n) is 10.8. The molecule has 4 aromatic carbocycles. The van der Waals surface area contributed by atoms with E-state index in [1.54, 1.807) is 50.2 Å². The smallest absolute Gasteiger partial charge is 0.340 e. The standard InChI is InChI=1S/C34H28N4O10/c1-3-45-33(39)27-25(17-7-5-9-19(15-17)37(41)42)23-13-11-22-21(29(23)47-31(27)35)12-14-24-26(18-8-6-10-20(16-18)38(43)44)28(34(40)46-4-2)32(36)48-30(22)24/h5-16,25-26H,3-4,35-36H2,1-2H3/t25-,26+. The molecule has 0 unspecified atom stereocenters. The summed E-state index contributed by atoms with van der Waals surface area (Å²) >= 11 is 0. The molecule has 0 amide bonds. The molecule has 2 aliphatic rings. The topological polar surface area (TPSA) is 209 Å². The number of benzene rings is 4. The molecule has 0 saturated heterocycles. The molecule has 244 valence electrons. The number of non-ortho nitro benzene ring substituents is 2. The molecule has 0 aliphatic carbocycles. The molecule has 0 bridgehead atoms. The summed E-state index contributed by atoms with van der Waals surface area (Å²) in [5.41, 5.74) is 14.1. The second kappa shape index (κ2) is 12.4. The number of fused-ring (bicyclic) bond motifs is 5. The summed E-state index contributed by atoms with van der Waals surface area (Å²) in [6.07, 6.45) is 0. The lowest BCUT2D eigenvalue weighted by Crippen LogP contribution is -2.28. The Bertz CT molecular complexity index is 1960. The first-order chi connectivity index (χ1) is 23.0. The Balaban J connectivity index is 1.58. The van der Waals surface area contributed by atoms with Gasteiger partial charge in [0.05, 0.1) is 34.9 Å². The Kier molecular flexibility index (Phi) is 8.14. The number of carbonyl (C=O) groups is 2. The van der Waals surface area contributed by atoms with Crippen molar-refractivity contribution in [2.75, 3.05) is 13.2 Å². The molecule has 4 N–H and O–H groups in total. The van der Waals surface area contributed by atoms with Crippen LogP contribution < -0.4 is 20.9 Å². The maximum atomic E-state index is 13.2. The summed E-state index contributed by atoms with van der Waals surface area (Å²) in [6, 6.07) is 18.5. The quantitative estimate of drug-likeness (QED) is 0.143. The molecule has 14 nitrogen and oxygen atoms in total. The number of nitro groups is 2. The lowest BCUT2D eigenvalue weighted by molar-refractivity contribution is -0.385. The number of esters is 2. The van der Waals surface area contributed by atoms with E-state index in [4.69, 9.17) is 30.4 Å². The van der Waals surface area contributed by atoms with E-state index < -0.39 is 33.6 Å². The fourth-order valence-electron chi connectivity index (χ4n) is 6.17. The van der Waals surface area contributed by atoms with Gasteiger partial charge in [0.15, 0.2) is 0 Å². The van der Waals surface area contributed by atoms with Crippen molar-refractivity contribution in [3.63, 3.8) is 0 Å². The second-order valence-corrected chi connectivity index (χ2v) is 10.8. The number of nitrogens with two attached hydrogens (primary N) is 2. The summed E-state index contributed by atoms with van der Waals surface area (Å²) in [5.74, 6) is -3.26. The molecule has 4 aromatic rings. The molecule has 14 heteroatoms. The van der Waals surface area contributed by atoms with E-state index in [2.05, 4.69) is 0 Å². The van der Waals surface area contributed by atoms with Crippen LogP contribution in [0.15, 0.2) is 95.7 Å². The van der Waals surface area contributed by atoms with E-state index in [0.29, 0.717) is 33.0 Å². The largest absolute Gasteiger partial charge is 0.462 e. The monoisotopic (exact) mass is 652 g/mol. The molecule has 0 spiro atoms. The average Bonchev–Trinajstić information content (AvgIpc) is 3.07. The highest BCUT2D eigenvalue weighted by Crippen LogP contribution is 2.51. The van der Waals surface area contributed by atoms with E-state index in [9.17, 15) is 29.8 Å². The van der Waals surface area contributed by atoms with Crippen molar-refractivity contribution < 1.29 is 38.4 Å². The first-order valence-corrected chi connectivity index (χ1v) is 14.8. The third-order valence-corrected chi connectivity index (χ3v) is 8.14. The molecule has 6 rings (SSSR count). The van der Waals surface area contributed by atoms with Crippen molar-refractivity contribution in [2.24, 2.45) is 11.5 Å². The van der Waals surface area contributed by atoms with Gasteiger partial charge in [-0.05, 0) is 25.0 Å². The van der Waals surface area contributed by atoms with Gasteiger partial charge in [-0.25, -0.2) is 9.59 Å². The van der Waals surface area contributed by atoms with Gasteiger partial charge < -0.3 is 30.4 Å². The molecule has 0 aromatic heterocycles. The van der Waals surface area contributed by atoms with E-state index >= 15 is 0 Å². The molecule has 2 heterocycles. The first-order valence-electron chi connectivity index (χ1n) is 14.8. The summed E-state index contributed by atoms with van der Waals surface area (Å²) in [4.78, 5) is 48.6. The van der Waals surface area contributed by atoms with Crippen LogP contribution in [0.2, 0.25) is 0 Å². The molecule has 48 heavy (non-hydrogen) atoms. The van der Waals surface area contributed by atoms with E-state index in [0.717, 1.165) is 0 Å². The minimum Gasteiger partial charge on any atom is -0.462 e. The van der Waals surface area contributed by atoms with Crippen molar-refractivity contribution in [2.45, 2.75) is 25.7 Å². The van der Waals surface area contributed by atoms with Gasteiger partial charge in [-0.2, -0.15) is 0 Å². The Hall–Kier alpha value is -6.44. The fraction of sp³-hybridized carbons (Fsp3) is 0.176. The van der Waals surface area contributed by atoms with Crippen LogP contribution >= 0.6 is 0 Å². The fourth-order valence-corrected chi connectivity index (χ4v) is 6.17. The van der Waals surface area contributed by atoms with Gasteiger partial charge in [0.25, 0.3) is 11.4 Å². The van der Waals surface area contributed by atoms with Crippen LogP contribution in [0.25, 0.3) is 10.8 Å². The van der Waals surface area contributed by atoms with Gasteiger partial charge in [0.2, 0.25) is 11.8 Å². The summed E-state index contributed by atoms with van der Waals surface area (Å²) < 4.78 is 22.8. The van der Waals surface area contributed by atoms with Crippen molar-refractivity contribution >= 4 is 34.1 Å². The molecular formula is C34H28N4O10. The predicted molar refractivity (Wildman–Crippen MR) is 171 cm³/mol. The Morgan fingerprint density at radius 3 is 1.44 bits per heavy atom. The number of hydrogen-bond donors (Lipinski definition) is 2. The normalized spacial score (nSPS) is 16.7. The number of rotatable bonds is 8. The Morgan fingerprint density at radius 1 is 0.688 bits per heavy atom. The number of nitrogens with zero attached hydrogens (tertiary/aromatic N) is 2. The van der Waals surface area contributed by atoms with Crippen LogP contribution in [0.3, 0.4) is 0 Å². The van der Waals surface area contributed by atoms with Crippen LogP contribution in [0.5, 0.6) is 11.5 Å². The zero-order valence-electron chi connectivity index (χ0n) is 25.6. The maximum absolute atomic E-state index is 13.2. The van der Waals surface area contributed by atoms with Crippen LogP contribution in [-0.4, -0.2) is 35.0 Å². The van der Waals surface area contributed by atoms with Gasteiger partial charge in [0.1, 0.15) is 22.6 Å². The van der Waals surface area contributed by atoms with E-state index in [-0.39, 0.29) is 59.0 Å². The highest BCUT2D eigenvalue weighted by Gasteiger charge is 2.40. The van der Waals surface area contributed by atoms with Gasteiger partial charge in [-0.15, -0.1) is 0 Å². The molecule has 2 atom stereocenters. The van der Waals surface area contributed by atoms with Crippen molar-refractivity contribution in [1.29, 1.82) is 0 Å². The number of hydrogen-bond acceptors (Lipinski definition) is 12. The SMILES string of the molecule is CCOC(=O)C1=C(N)Oc2c(ccc3c4c(ccc23)[C@H](c2cccc([N+](=O)[O-])c2)C(C(=O)OCC)=C(N)O4)[C@H]1c1cccc([N+](=O)[O-])c1. The van der Waals surface area contributed by atoms with Gasteiger partial charge in [-0.3, -0.25) is 20.2 Å². The van der Waals surface area contributed by atoms with Gasteiger partial charge in [-0.1, -0.05) is 48.5 Å². The zero-order chi connectivity index (χ0) is 34.3. The van der Waals surface area contributed by atoms with Crippen molar-refractivity contribution in [3.8, 4) is 11.5 Å². The van der Waals surface area contributed by atoms with E-state index in [1.807, 2.05) is 0 Å². The van der Waals surface area contributed by atoms with Crippen molar-refractivity contribution in [3.05, 3.63) is 138 Å². The van der Waals surface area contributed by atoms with Gasteiger partial charge in [0, 0.05) is 46.2 Å².